The summed E-state index contributed by atoms with van der Waals surface area (Å²) < 4.78 is 0. The van der Waals surface area contributed by atoms with Crippen molar-refractivity contribution in [1.29, 1.82) is 0 Å². The SMILES string of the molecule is C=CC(N)SCN1C=CCC=C1. The highest BCUT2D eigenvalue weighted by Crippen LogP contribution is 2.12. The Labute approximate surface area is 77.8 Å². The summed E-state index contributed by atoms with van der Waals surface area (Å²) >= 11 is 1.67. The molecule has 0 bridgehead atoms. The molecule has 1 atom stereocenters. The van der Waals surface area contributed by atoms with E-state index in [-0.39, 0.29) is 5.37 Å². The van der Waals surface area contributed by atoms with E-state index in [1.165, 1.54) is 0 Å². The maximum atomic E-state index is 5.66. The number of nitrogens with two attached hydrogens (primary N) is 1. The van der Waals surface area contributed by atoms with E-state index in [2.05, 4.69) is 36.0 Å². The highest BCUT2D eigenvalue weighted by atomic mass is 32.2. The molecule has 1 aliphatic heterocycles. The number of hydrogen-bond acceptors (Lipinski definition) is 3. The summed E-state index contributed by atoms with van der Waals surface area (Å²) in [6.45, 7) is 3.62. The van der Waals surface area contributed by atoms with Gasteiger partial charge < -0.3 is 10.6 Å². The molecule has 66 valence electrons. The third-order valence-corrected chi connectivity index (χ3v) is 2.54. The second kappa shape index (κ2) is 5.06. The Morgan fingerprint density at radius 2 is 2.25 bits per heavy atom. The van der Waals surface area contributed by atoms with Gasteiger partial charge in [0, 0.05) is 12.4 Å². The topological polar surface area (TPSA) is 29.3 Å². The van der Waals surface area contributed by atoms with E-state index in [9.17, 15) is 0 Å². The molecule has 0 spiro atoms. The zero-order chi connectivity index (χ0) is 8.81. The fourth-order valence-corrected chi connectivity index (χ4v) is 1.50. The van der Waals surface area contributed by atoms with Gasteiger partial charge in [-0.25, -0.2) is 0 Å². The summed E-state index contributed by atoms with van der Waals surface area (Å²) in [4.78, 5) is 2.11. The number of rotatable bonds is 4. The molecule has 1 unspecified atom stereocenters. The van der Waals surface area contributed by atoms with E-state index in [0.29, 0.717) is 0 Å². The maximum absolute atomic E-state index is 5.66. The number of thioether (sulfide) groups is 1. The molecular weight excluding hydrogens is 168 g/mol. The molecule has 1 heterocycles. The van der Waals surface area contributed by atoms with Gasteiger partial charge in [-0.3, -0.25) is 0 Å². The van der Waals surface area contributed by atoms with Gasteiger partial charge in [-0.15, -0.1) is 18.3 Å². The average molecular weight is 182 g/mol. The molecule has 0 amide bonds. The van der Waals surface area contributed by atoms with E-state index >= 15 is 0 Å². The Bertz CT molecular complexity index is 187. The van der Waals surface area contributed by atoms with E-state index in [0.717, 1.165) is 12.3 Å². The minimum atomic E-state index is 0.0359. The molecule has 0 fully saturated rings. The molecule has 3 heteroatoms. The predicted molar refractivity (Wildman–Crippen MR) is 55.4 cm³/mol. The largest absolute Gasteiger partial charge is 0.345 e. The first kappa shape index (κ1) is 9.42. The zero-order valence-corrected chi connectivity index (χ0v) is 7.83. The molecule has 1 aliphatic rings. The monoisotopic (exact) mass is 182 g/mol. The molecule has 0 aromatic carbocycles. The highest BCUT2D eigenvalue weighted by molar-refractivity contribution is 7.99. The molecule has 0 aromatic heterocycles. The third kappa shape index (κ3) is 3.15. The lowest BCUT2D eigenvalue weighted by Crippen LogP contribution is -2.18. The summed E-state index contributed by atoms with van der Waals surface area (Å²) in [7, 11) is 0. The fraction of sp³-hybridized carbons (Fsp3) is 0.333. The fourth-order valence-electron chi connectivity index (χ4n) is 0.847. The van der Waals surface area contributed by atoms with Crippen LogP contribution in [0, 0.1) is 0 Å². The van der Waals surface area contributed by atoms with Crippen molar-refractivity contribution in [2.45, 2.75) is 11.8 Å². The number of allylic oxidation sites excluding steroid dienone is 2. The van der Waals surface area contributed by atoms with Crippen LogP contribution in [0.15, 0.2) is 37.2 Å². The van der Waals surface area contributed by atoms with Gasteiger partial charge >= 0.3 is 0 Å². The van der Waals surface area contributed by atoms with Crippen LogP contribution < -0.4 is 5.73 Å². The van der Waals surface area contributed by atoms with Gasteiger partial charge in [-0.2, -0.15) is 0 Å². The van der Waals surface area contributed by atoms with Gasteiger partial charge in [-0.1, -0.05) is 18.2 Å². The van der Waals surface area contributed by atoms with Crippen LogP contribution in [-0.4, -0.2) is 16.2 Å². The van der Waals surface area contributed by atoms with Crippen molar-refractivity contribution >= 4 is 11.8 Å². The molecular formula is C9H14N2S. The summed E-state index contributed by atoms with van der Waals surface area (Å²) in [6.07, 6.45) is 11.2. The zero-order valence-electron chi connectivity index (χ0n) is 7.02. The molecule has 0 saturated carbocycles. The number of hydrogen-bond donors (Lipinski definition) is 1. The van der Waals surface area contributed by atoms with Crippen LogP contribution in [0.2, 0.25) is 0 Å². The second-order valence-electron chi connectivity index (χ2n) is 2.52. The molecule has 2 nitrogen and oxygen atoms in total. The van der Waals surface area contributed by atoms with E-state index < -0.39 is 0 Å². The second-order valence-corrected chi connectivity index (χ2v) is 3.65. The minimum Gasteiger partial charge on any atom is -0.345 e. The van der Waals surface area contributed by atoms with Crippen LogP contribution in [0.1, 0.15) is 6.42 Å². The van der Waals surface area contributed by atoms with Crippen LogP contribution in [0.25, 0.3) is 0 Å². The van der Waals surface area contributed by atoms with Crippen LogP contribution in [-0.2, 0) is 0 Å². The van der Waals surface area contributed by atoms with Gasteiger partial charge in [0.1, 0.15) is 0 Å². The van der Waals surface area contributed by atoms with Gasteiger partial charge in [0.05, 0.1) is 11.3 Å². The lowest BCUT2D eigenvalue weighted by molar-refractivity contribution is 0.589. The van der Waals surface area contributed by atoms with Crippen molar-refractivity contribution < 1.29 is 0 Å². The van der Waals surface area contributed by atoms with Crippen LogP contribution in [0.5, 0.6) is 0 Å². The molecule has 2 N–H and O–H groups in total. The highest BCUT2D eigenvalue weighted by Gasteiger charge is 2.00. The van der Waals surface area contributed by atoms with E-state index in [1.807, 2.05) is 0 Å². The first-order chi connectivity index (χ1) is 5.83. The van der Waals surface area contributed by atoms with Crippen molar-refractivity contribution in [3.63, 3.8) is 0 Å². The number of nitrogens with zero attached hydrogens (tertiary/aromatic N) is 1. The van der Waals surface area contributed by atoms with Crippen molar-refractivity contribution in [1.82, 2.24) is 4.90 Å². The Morgan fingerprint density at radius 3 is 2.83 bits per heavy atom. The van der Waals surface area contributed by atoms with Gasteiger partial charge in [0.15, 0.2) is 0 Å². The van der Waals surface area contributed by atoms with Crippen molar-refractivity contribution in [2.75, 3.05) is 5.88 Å². The minimum absolute atomic E-state index is 0.0359. The third-order valence-electron chi connectivity index (χ3n) is 1.51. The molecule has 0 aliphatic carbocycles. The summed E-state index contributed by atoms with van der Waals surface area (Å²) in [5.41, 5.74) is 5.66. The van der Waals surface area contributed by atoms with Gasteiger partial charge in [0.2, 0.25) is 0 Å². The van der Waals surface area contributed by atoms with Crippen LogP contribution in [0.3, 0.4) is 0 Å². The standard InChI is InChI=1S/C9H14N2S/c1-2-9(10)12-8-11-6-4-3-5-7-11/h2,4-7,9H,1,3,8,10H2. The normalized spacial score (nSPS) is 17.9. The Kier molecular flexibility index (Phi) is 3.97. The smallest absolute Gasteiger partial charge is 0.0709 e. The van der Waals surface area contributed by atoms with E-state index in [1.54, 1.807) is 17.8 Å². The van der Waals surface area contributed by atoms with Gasteiger partial charge in [0.25, 0.3) is 0 Å². The lowest BCUT2D eigenvalue weighted by Gasteiger charge is -2.18. The average Bonchev–Trinajstić information content (AvgIpc) is 2.16. The molecule has 0 radical (unpaired) electrons. The van der Waals surface area contributed by atoms with Gasteiger partial charge in [-0.05, 0) is 6.42 Å². The Balaban J connectivity index is 2.22. The maximum Gasteiger partial charge on any atom is 0.0709 e. The first-order valence-corrected chi connectivity index (χ1v) is 4.96. The Hall–Kier alpha value is -0.670. The molecule has 0 aromatic rings. The van der Waals surface area contributed by atoms with Crippen molar-refractivity contribution in [3.05, 3.63) is 37.2 Å². The molecule has 0 saturated heterocycles. The summed E-state index contributed by atoms with van der Waals surface area (Å²) in [5.74, 6) is 0.889. The quantitative estimate of drug-likeness (QED) is 0.531. The summed E-state index contributed by atoms with van der Waals surface area (Å²) in [6, 6.07) is 0. The molecule has 12 heavy (non-hydrogen) atoms. The van der Waals surface area contributed by atoms with Crippen molar-refractivity contribution in [2.24, 2.45) is 5.73 Å². The van der Waals surface area contributed by atoms with Crippen LogP contribution in [0.4, 0.5) is 0 Å². The first-order valence-electron chi connectivity index (χ1n) is 3.92. The summed E-state index contributed by atoms with van der Waals surface area (Å²) in [5, 5.41) is 0.0359. The molecule has 1 rings (SSSR count). The predicted octanol–water partition coefficient (Wildman–Crippen LogP) is 1.88. The van der Waals surface area contributed by atoms with E-state index in [4.69, 9.17) is 5.73 Å². The van der Waals surface area contributed by atoms with Crippen molar-refractivity contribution in [3.8, 4) is 0 Å². The Morgan fingerprint density at radius 1 is 1.58 bits per heavy atom. The lowest BCUT2D eigenvalue weighted by atomic mass is 10.3. The van der Waals surface area contributed by atoms with Crippen LogP contribution >= 0.6 is 11.8 Å².